The minimum atomic E-state index is -0.992. The van der Waals surface area contributed by atoms with Crippen LogP contribution in [-0.4, -0.2) is 36.6 Å². The van der Waals surface area contributed by atoms with Crippen LogP contribution in [0.2, 0.25) is 0 Å². The van der Waals surface area contributed by atoms with Crippen molar-refractivity contribution in [3.05, 3.63) is 35.9 Å². The Hall–Kier alpha value is -1.35. The van der Waals surface area contributed by atoms with Crippen LogP contribution in [0.5, 0.6) is 0 Å². The molecule has 1 aromatic rings. The van der Waals surface area contributed by atoms with Gasteiger partial charge in [-0.3, -0.25) is 0 Å². The van der Waals surface area contributed by atoms with E-state index in [0.29, 0.717) is 6.42 Å². The summed E-state index contributed by atoms with van der Waals surface area (Å²) in [6.07, 6.45) is 11.7. The summed E-state index contributed by atoms with van der Waals surface area (Å²) in [5, 5.41) is 10.1. The molecular formula is C25H45NO2. The molecule has 1 rings (SSSR count). The minimum Gasteiger partial charge on any atom is -0.550 e. The maximum atomic E-state index is 10.1. The second kappa shape index (κ2) is 17.7. The number of unbranched alkanes of at least 4 members (excludes halogenated alkanes) is 4. The molecule has 3 heteroatoms. The van der Waals surface area contributed by atoms with Gasteiger partial charge in [-0.1, -0.05) is 83.7 Å². The van der Waals surface area contributed by atoms with Crippen LogP contribution in [0.4, 0.5) is 0 Å². The van der Waals surface area contributed by atoms with Crippen LogP contribution in [0.1, 0.15) is 91.0 Å². The Kier molecular flexibility index (Phi) is 16.9. The molecule has 0 saturated heterocycles. The van der Waals surface area contributed by atoms with E-state index in [1.54, 1.807) is 0 Å². The summed E-state index contributed by atoms with van der Waals surface area (Å²) >= 11 is 0. The summed E-state index contributed by atoms with van der Waals surface area (Å²) in [4.78, 5) is 10.1. The Labute approximate surface area is 174 Å². The van der Waals surface area contributed by atoms with Gasteiger partial charge in [-0.05, 0) is 44.1 Å². The Bertz CT molecular complexity index is 435. The molecule has 0 fully saturated rings. The standard InChI is InChI=1S/C16H36N.C9H10O2/c1-5-9-13-17(14-10-6-2,15-11-7-3)16-12-8-4;10-9(11)7-6-8-4-2-1-3-5-8/h5-16H2,1-4H3;1-5H,6-7H2,(H,10,11)/q+1;/p-1. The molecule has 0 aliphatic rings. The fourth-order valence-corrected chi connectivity index (χ4v) is 3.54. The number of hydrogen-bond donors (Lipinski definition) is 0. The van der Waals surface area contributed by atoms with Crippen molar-refractivity contribution in [2.24, 2.45) is 0 Å². The van der Waals surface area contributed by atoms with Gasteiger partial charge in [0.1, 0.15) is 0 Å². The molecule has 162 valence electrons. The minimum absolute atomic E-state index is 0.101. The number of aliphatic carboxylic acids is 1. The lowest BCUT2D eigenvalue weighted by Crippen LogP contribution is -2.50. The highest BCUT2D eigenvalue weighted by Crippen LogP contribution is 2.16. The largest absolute Gasteiger partial charge is 0.550 e. The first-order valence-corrected chi connectivity index (χ1v) is 11.6. The number of quaternary nitrogens is 1. The van der Waals surface area contributed by atoms with E-state index >= 15 is 0 Å². The van der Waals surface area contributed by atoms with Crippen molar-refractivity contribution in [2.45, 2.75) is 91.9 Å². The lowest BCUT2D eigenvalue weighted by Gasteiger charge is -2.39. The molecule has 0 aliphatic carbocycles. The SMILES string of the molecule is CCCC[N+](CCCC)(CCCC)CCCC.O=C([O-])CCc1ccccc1. The van der Waals surface area contributed by atoms with E-state index in [0.717, 1.165) is 5.56 Å². The average molecular weight is 392 g/mol. The molecule has 0 bridgehead atoms. The van der Waals surface area contributed by atoms with Crippen molar-refractivity contribution in [2.75, 3.05) is 26.2 Å². The third-order valence-electron chi connectivity index (χ3n) is 5.40. The number of carbonyl (C=O) groups excluding carboxylic acids is 1. The van der Waals surface area contributed by atoms with Crippen molar-refractivity contribution in [1.29, 1.82) is 0 Å². The van der Waals surface area contributed by atoms with Crippen molar-refractivity contribution >= 4 is 5.97 Å². The Morgan fingerprint density at radius 3 is 1.46 bits per heavy atom. The van der Waals surface area contributed by atoms with E-state index in [1.807, 2.05) is 30.3 Å². The molecule has 0 aliphatic heterocycles. The van der Waals surface area contributed by atoms with Gasteiger partial charge in [-0.2, -0.15) is 0 Å². The zero-order valence-corrected chi connectivity index (χ0v) is 19.0. The fourth-order valence-electron chi connectivity index (χ4n) is 3.54. The molecule has 0 unspecified atom stereocenters. The van der Waals surface area contributed by atoms with Crippen LogP contribution in [0.15, 0.2) is 30.3 Å². The van der Waals surface area contributed by atoms with E-state index in [9.17, 15) is 9.90 Å². The van der Waals surface area contributed by atoms with Gasteiger partial charge in [-0.15, -0.1) is 0 Å². The van der Waals surface area contributed by atoms with E-state index in [2.05, 4.69) is 27.7 Å². The van der Waals surface area contributed by atoms with Gasteiger partial charge in [0.25, 0.3) is 0 Å². The maximum absolute atomic E-state index is 10.1. The predicted octanol–water partition coefficient (Wildman–Crippen LogP) is 5.37. The summed E-state index contributed by atoms with van der Waals surface area (Å²) in [7, 11) is 0. The molecule has 0 saturated carbocycles. The maximum Gasteiger partial charge on any atom is 0.0786 e. The fraction of sp³-hybridized carbons (Fsp3) is 0.720. The number of benzene rings is 1. The van der Waals surface area contributed by atoms with Crippen LogP contribution >= 0.6 is 0 Å². The smallest absolute Gasteiger partial charge is 0.0786 e. The van der Waals surface area contributed by atoms with Gasteiger partial charge in [0, 0.05) is 5.97 Å². The Morgan fingerprint density at radius 2 is 1.14 bits per heavy atom. The molecule has 0 spiro atoms. The zero-order valence-electron chi connectivity index (χ0n) is 19.0. The summed E-state index contributed by atoms with van der Waals surface area (Å²) in [6.45, 7) is 15.0. The summed E-state index contributed by atoms with van der Waals surface area (Å²) in [6, 6.07) is 9.50. The normalized spacial score (nSPS) is 11.0. The quantitative estimate of drug-likeness (QED) is 0.377. The Balaban J connectivity index is 0.000000567. The molecule has 0 radical (unpaired) electrons. The number of carboxylic acids is 1. The highest BCUT2D eigenvalue weighted by Gasteiger charge is 2.24. The lowest BCUT2D eigenvalue weighted by atomic mass is 10.1. The molecule has 1 aromatic carbocycles. The molecule has 0 heterocycles. The summed E-state index contributed by atoms with van der Waals surface area (Å²) in [5.41, 5.74) is 1.04. The molecule has 0 N–H and O–H groups in total. The Morgan fingerprint density at radius 1 is 0.750 bits per heavy atom. The van der Waals surface area contributed by atoms with Crippen LogP contribution in [-0.2, 0) is 11.2 Å². The van der Waals surface area contributed by atoms with Crippen LogP contribution in [0, 0.1) is 0 Å². The van der Waals surface area contributed by atoms with Crippen molar-refractivity contribution in [3.63, 3.8) is 0 Å². The van der Waals surface area contributed by atoms with Gasteiger partial charge in [0.05, 0.1) is 26.2 Å². The van der Waals surface area contributed by atoms with Crippen molar-refractivity contribution < 1.29 is 14.4 Å². The average Bonchev–Trinajstić information content (AvgIpc) is 2.72. The van der Waals surface area contributed by atoms with Crippen LogP contribution in [0.3, 0.4) is 0 Å². The van der Waals surface area contributed by atoms with E-state index in [4.69, 9.17) is 0 Å². The lowest BCUT2D eigenvalue weighted by molar-refractivity contribution is -0.929. The number of carbonyl (C=O) groups is 1. The molecular weight excluding hydrogens is 346 g/mol. The number of aryl methyl sites for hydroxylation is 1. The monoisotopic (exact) mass is 391 g/mol. The van der Waals surface area contributed by atoms with Crippen LogP contribution in [0.25, 0.3) is 0 Å². The second-order valence-electron chi connectivity index (χ2n) is 8.01. The number of carboxylic acid groups (broad SMARTS) is 1. The number of hydrogen-bond acceptors (Lipinski definition) is 2. The molecule has 3 nitrogen and oxygen atoms in total. The number of nitrogens with zero attached hydrogens (tertiary/aromatic N) is 1. The highest BCUT2D eigenvalue weighted by atomic mass is 16.4. The predicted molar refractivity (Wildman–Crippen MR) is 119 cm³/mol. The third kappa shape index (κ3) is 13.8. The first kappa shape index (κ1) is 26.6. The first-order valence-electron chi connectivity index (χ1n) is 11.6. The molecule has 28 heavy (non-hydrogen) atoms. The van der Waals surface area contributed by atoms with Crippen molar-refractivity contribution in [3.8, 4) is 0 Å². The molecule has 0 aromatic heterocycles. The topological polar surface area (TPSA) is 40.1 Å². The molecule has 0 atom stereocenters. The second-order valence-corrected chi connectivity index (χ2v) is 8.01. The summed E-state index contributed by atoms with van der Waals surface area (Å²) < 4.78 is 1.42. The zero-order chi connectivity index (χ0) is 21.1. The van der Waals surface area contributed by atoms with Gasteiger partial charge < -0.3 is 14.4 Å². The highest BCUT2D eigenvalue weighted by molar-refractivity contribution is 5.64. The van der Waals surface area contributed by atoms with Crippen LogP contribution < -0.4 is 5.11 Å². The first-order chi connectivity index (χ1) is 13.5. The third-order valence-corrected chi connectivity index (χ3v) is 5.40. The van der Waals surface area contributed by atoms with Gasteiger partial charge in [-0.25, -0.2) is 0 Å². The van der Waals surface area contributed by atoms with E-state index < -0.39 is 5.97 Å². The summed E-state index contributed by atoms with van der Waals surface area (Å²) in [5.74, 6) is -0.992. The van der Waals surface area contributed by atoms with E-state index in [1.165, 1.54) is 82.0 Å². The van der Waals surface area contributed by atoms with E-state index in [-0.39, 0.29) is 6.42 Å². The van der Waals surface area contributed by atoms with Crippen molar-refractivity contribution in [1.82, 2.24) is 0 Å². The van der Waals surface area contributed by atoms with Gasteiger partial charge >= 0.3 is 0 Å². The number of rotatable bonds is 15. The molecule has 0 amide bonds. The van der Waals surface area contributed by atoms with Gasteiger partial charge in [0.15, 0.2) is 0 Å². The van der Waals surface area contributed by atoms with Gasteiger partial charge in [0.2, 0.25) is 0 Å².